The summed E-state index contributed by atoms with van der Waals surface area (Å²) in [5.74, 6) is 1.12. The molecule has 0 saturated carbocycles. The lowest BCUT2D eigenvalue weighted by Gasteiger charge is -2.32. The highest BCUT2D eigenvalue weighted by Crippen LogP contribution is 2.49. The molecule has 0 aliphatic carbocycles. The molecule has 1 saturated heterocycles. The molecule has 2 aromatic rings. The number of aliphatic imine (C=N–C) groups is 1. The van der Waals surface area contributed by atoms with Crippen molar-refractivity contribution in [1.82, 2.24) is 9.88 Å². The summed E-state index contributed by atoms with van der Waals surface area (Å²) in [4.78, 5) is 14.4. The zero-order chi connectivity index (χ0) is 18.3. The Kier molecular flexibility index (Phi) is 4.97. The number of anilines is 1. The largest absolute Gasteiger partial charge is 0.377 e. The van der Waals surface area contributed by atoms with Crippen LogP contribution in [0.3, 0.4) is 0 Å². The minimum Gasteiger partial charge on any atom is -0.377 e. The van der Waals surface area contributed by atoms with Gasteiger partial charge in [0.1, 0.15) is 6.04 Å². The Morgan fingerprint density at radius 3 is 2.77 bits per heavy atom. The second-order valence-electron chi connectivity index (χ2n) is 6.94. The smallest absolute Gasteiger partial charge is 0.160 e. The van der Waals surface area contributed by atoms with Crippen LogP contribution < -0.4 is 4.90 Å². The number of nitrogens with zero attached hydrogens (tertiary/aromatic N) is 4. The molecule has 1 fully saturated rings. The summed E-state index contributed by atoms with van der Waals surface area (Å²) >= 11 is 5.64. The number of amidine groups is 1. The van der Waals surface area contributed by atoms with Crippen molar-refractivity contribution in [3.05, 3.63) is 58.3 Å². The number of halogens is 1. The maximum atomic E-state index is 5.08. The summed E-state index contributed by atoms with van der Waals surface area (Å²) in [6.07, 6.45) is 3.00. The maximum absolute atomic E-state index is 5.08. The summed E-state index contributed by atoms with van der Waals surface area (Å²) in [6.45, 7) is 2.27. The number of pyridine rings is 1. The number of hydrogen-bond acceptors (Lipinski definition) is 5. The first kappa shape index (κ1) is 17.9. The summed E-state index contributed by atoms with van der Waals surface area (Å²) in [7, 11) is 4.13. The van der Waals surface area contributed by atoms with E-state index in [1.54, 1.807) is 0 Å². The predicted molar refractivity (Wildman–Crippen MR) is 114 cm³/mol. The van der Waals surface area contributed by atoms with E-state index in [4.69, 9.17) is 4.99 Å². The minimum atomic E-state index is 0.0464. The first-order valence-electron chi connectivity index (χ1n) is 8.96. The predicted octanol–water partition coefficient (Wildman–Crippen LogP) is 4.89. The SMILES string of the molecule is CC[C@H]1CSC2=N[C@H](c3ccccn3)[C@@H](c3ccc(N(C)C)c(Br)c3)N21. The second kappa shape index (κ2) is 7.24. The van der Waals surface area contributed by atoms with Gasteiger partial charge in [-0.05, 0) is 52.2 Å². The Morgan fingerprint density at radius 2 is 2.12 bits per heavy atom. The average Bonchev–Trinajstić information content (AvgIpc) is 3.20. The highest BCUT2D eigenvalue weighted by molar-refractivity contribution is 9.10. The van der Waals surface area contributed by atoms with Gasteiger partial charge in [0.15, 0.2) is 5.17 Å². The van der Waals surface area contributed by atoms with E-state index < -0.39 is 0 Å². The Morgan fingerprint density at radius 1 is 1.27 bits per heavy atom. The van der Waals surface area contributed by atoms with Gasteiger partial charge in [0.25, 0.3) is 0 Å². The van der Waals surface area contributed by atoms with Crippen LogP contribution >= 0.6 is 27.7 Å². The molecule has 1 aromatic heterocycles. The first-order chi connectivity index (χ1) is 12.6. The molecule has 26 heavy (non-hydrogen) atoms. The molecule has 4 rings (SSSR count). The molecule has 3 heterocycles. The summed E-state index contributed by atoms with van der Waals surface area (Å²) in [5, 5.41) is 1.17. The zero-order valence-electron chi connectivity index (χ0n) is 15.3. The molecule has 0 amide bonds. The number of rotatable bonds is 4. The van der Waals surface area contributed by atoms with Crippen molar-refractivity contribution in [2.45, 2.75) is 31.5 Å². The second-order valence-corrected chi connectivity index (χ2v) is 8.78. The molecule has 0 unspecified atom stereocenters. The van der Waals surface area contributed by atoms with Gasteiger partial charge < -0.3 is 9.80 Å². The van der Waals surface area contributed by atoms with Crippen LogP contribution in [0.5, 0.6) is 0 Å². The Hall–Kier alpha value is -1.53. The van der Waals surface area contributed by atoms with E-state index in [0.717, 1.165) is 22.3 Å². The van der Waals surface area contributed by atoms with Crippen LogP contribution in [-0.4, -0.2) is 40.9 Å². The highest BCUT2D eigenvalue weighted by Gasteiger charge is 2.45. The standard InChI is InChI=1S/C20H23BrN4S/c1-4-14-12-26-20-23-18(16-7-5-6-10-22-16)19(25(14)20)13-8-9-17(24(2)3)15(21)11-13/h5-11,14,18-19H,4,12H2,1-3H3/t14-,18+,19+/m0/s1. The molecular formula is C20H23BrN4S. The lowest BCUT2D eigenvalue weighted by molar-refractivity contribution is 0.255. The fourth-order valence-electron chi connectivity index (χ4n) is 3.78. The van der Waals surface area contributed by atoms with Crippen LogP contribution in [0.2, 0.25) is 0 Å². The fourth-order valence-corrected chi connectivity index (χ4v) is 5.87. The van der Waals surface area contributed by atoms with Crippen LogP contribution in [-0.2, 0) is 0 Å². The van der Waals surface area contributed by atoms with Gasteiger partial charge in [-0.15, -0.1) is 0 Å². The third-order valence-corrected chi connectivity index (χ3v) is 6.89. The first-order valence-corrected chi connectivity index (χ1v) is 10.7. The van der Waals surface area contributed by atoms with Gasteiger partial charge in [-0.3, -0.25) is 9.98 Å². The van der Waals surface area contributed by atoms with Gasteiger partial charge in [-0.25, -0.2) is 0 Å². The molecule has 136 valence electrons. The van der Waals surface area contributed by atoms with Gasteiger partial charge in [0, 0.05) is 36.6 Å². The molecule has 6 heteroatoms. The normalized spacial score (nSPS) is 24.5. The van der Waals surface area contributed by atoms with E-state index in [9.17, 15) is 0 Å². The monoisotopic (exact) mass is 430 g/mol. The van der Waals surface area contributed by atoms with Crippen LogP contribution in [0.15, 0.2) is 52.1 Å². The molecule has 0 N–H and O–H groups in total. The van der Waals surface area contributed by atoms with Crippen LogP contribution in [0.25, 0.3) is 0 Å². The number of hydrogen-bond donors (Lipinski definition) is 0. The molecule has 1 aromatic carbocycles. The maximum Gasteiger partial charge on any atom is 0.160 e. The van der Waals surface area contributed by atoms with Gasteiger partial charge in [-0.1, -0.05) is 30.8 Å². The Balaban J connectivity index is 1.78. The lowest BCUT2D eigenvalue weighted by Crippen LogP contribution is -2.35. The topological polar surface area (TPSA) is 31.7 Å². The Bertz CT molecular complexity index is 824. The van der Waals surface area contributed by atoms with E-state index in [-0.39, 0.29) is 12.1 Å². The third-order valence-electron chi connectivity index (χ3n) is 5.12. The minimum absolute atomic E-state index is 0.0464. The van der Waals surface area contributed by atoms with Crippen LogP contribution in [0.4, 0.5) is 5.69 Å². The van der Waals surface area contributed by atoms with Crippen LogP contribution in [0, 0.1) is 0 Å². The number of fused-ring (bicyclic) bond motifs is 1. The summed E-state index contributed by atoms with van der Waals surface area (Å²) < 4.78 is 1.12. The lowest BCUT2D eigenvalue weighted by atomic mass is 9.95. The number of benzene rings is 1. The molecule has 0 radical (unpaired) electrons. The highest BCUT2D eigenvalue weighted by atomic mass is 79.9. The van der Waals surface area contributed by atoms with Crippen molar-refractivity contribution in [2.75, 3.05) is 24.7 Å². The third kappa shape index (κ3) is 3.03. The summed E-state index contributed by atoms with van der Waals surface area (Å²) in [6, 6.07) is 13.6. The fraction of sp³-hybridized carbons (Fsp3) is 0.400. The van der Waals surface area contributed by atoms with Crippen molar-refractivity contribution in [3.8, 4) is 0 Å². The average molecular weight is 431 g/mol. The van der Waals surface area contributed by atoms with E-state index in [2.05, 4.69) is 82.1 Å². The van der Waals surface area contributed by atoms with E-state index in [0.29, 0.717) is 6.04 Å². The molecule has 0 bridgehead atoms. The van der Waals surface area contributed by atoms with Gasteiger partial charge in [0.05, 0.1) is 17.4 Å². The molecular weight excluding hydrogens is 408 g/mol. The molecule has 2 aliphatic rings. The van der Waals surface area contributed by atoms with E-state index in [1.165, 1.54) is 16.4 Å². The van der Waals surface area contributed by atoms with Crippen molar-refractivity contribution in [3.63, 3.8) is 0 Å². The zero-order valence-corrected chi connectivity index (χ0v) is 17.7. The Labute approximate surface area is 167 Å². The van der Waals surface area contributed by atoms with Gasteiger partial charge in [-0.2, -0.15) is 0 Å². The van der Waals surface area contributed by atoms with Crippen molar-refractivity contribution >= 4 is 38.5 Å². The molecule has 0 spiro atoms. The van der Waals surface area contributed by atoms with Crippen LogP contribution in [0.1, 0.15) is 36.7 Å². The molecule has 3 atom stereocenters. The molecule has 2 aliphatic heterocycles. The molecule has 4 nitrogen and oxygen atoms in total. The van der Waals surface area contributed by atoms with E-state index >= 15 is 0 Å². The quantitative estimate of drug-likeness (QED) is 0.690. The summed E-state index contributed by atoms with van der Waals surface area (Å²) in [5.41, 5.74) is 3.52. The van der Waals surface area contributed by atoms with Gasteiger partial charge in [0.2, 0.25) is 0 Å². The van der Waals surface area contributed by atoms with Crippen molar-refractivity contribution in [2.24, 2.45) is 4.99 Å². The van der Waals surface area contributed by atoms with E-state index in [1.807, 2.05) is 24.0 Å². The van der Waals surface area contributed by atoms with Crippen molar-refractivity contribution < 1.29 is 0 Å². The van der Waals surface area contributed by atoms with Gasteiger partial charge >= 0.3 is 0 Å². The van der Waals surface area contributed by atoms with Crippen molar-refractivity contribution in [1.29, 1.82) is 0 Å². The number of aromatic nitrogens is 1. The number of thioether (sulfide) groups is 1.